The lowest BCUT2D eigenvalue weighted by molar-refractivity contribution is 0.186. The number of aliphatic hydroxyl groups is 1. The van der Waals surface area contributed by atoms with E-state index in [4.69, 9.17) is 23.2 Å². The molecule has 108 valence electrons. The van der Waals surface area contributed by atoms with Crippen LogP contribution in [0.5, 0.6) is 0 Å². The van der Waals surface area contributed by atoms with Crippen molar-refractivity contribution in [1.82, 2.24) is 4.72 Å². The summed E-state index contributed by atoms with van der Waals surface area (Å²) in [4.78, 5) is 0.701. The lowest BCUT2D eigenvalue weighted by Crippen LogP contribution is -2.28. The number of sulfonamides is 1. The molecule has 0 saturated carbocycles. The largest absolute Gasteiger partial charge is 0.386 e. The monoisotopic (exact) mass is 351 g/mol. The van der Waals surface area contributed by atoms with E-state index in [1.807, 2.05) is 5.38 Å². The second kappa shape index (κ2) is 6.43. The first kappa shape index (κ1) is 15.8. The first-order valence-electron chi connectivity index (χ1n) is 5.56. The molecule has 0 spiro atoms. The summed E-state index contributed by atoms with van der Waals surface area (Å²) in [5, 5.41) is 12.1. The van der Waals surface area contributed by atoms with E-state index in [-0.39, 0.29) is 21.5 Å². The minimum atomic E-state index is -3.73. The van der Waals surface area contributed by atoms with Crippen LogP contribution in [0.1, 0.15) is 11.0 Å². The SMILES string of the molecule is O=S(=O)(NCC(O)c1cccs1)c1ccc(Cl)c(Cl)c1. The molecule has 0 aliphatic carbocycles. The van der Waals surface area contributed by atoms with Crippen molar-refractivity contribution >= 4 is 44.6 Å². The van der Waals surface area contributed by atoms with Crippen LogP contribution >= 0.6 is 34.5 Å². The molecule has 2 aromatic rings. The molecule has 8 heteroatoms. The van der Waals surface area contributed by atoms with Crippen LogP contribution in [0.25, 0.3) is 0 Å². The van der Waals surface area contributed by atoms with Gasteiger partial charge in [-0.25, -0.2) is 13.1 Å². The molecular weight excluding hydrogens is 341 g/mol. The molecule has 1 aromatic carbocycles. The van der Waals surface area contributed by atoms with Gasteiger partial charge in [0.05, 0.1) is 14.9 Å². The Balaban J connectivity index is 2.09. The van der Waals surface area contributed by atoms with Gasteiger partial charge in [0.25, 0.3) is 0 Å². The molecule has 0 aliphatic rings. The van der Waals surface area contributed by atoms with Crippen molar-refractivity contribution in [3.05, 3.63) is 50.6 Å². The molecule has 4 nitrogen and oxygen atoms in total. The Morgan fingerprint density at radius 1 is 1.25 bits per heavy atom. The highest BCUT2D eigenvalue weighted by molar-refractivity contribution is 7.89. The third-order valence-electron chi connectivity index (χ3n) is 2.54. The molecule has 2 rings (SSSR count). The topological polar surface area (TPSA) is 66.4 Å². The molecule has 2 N–H and O–H groups in total. The van der Waals surface area contributed by atoms with Gasteiger partial charge in [0.15, 0.2) is 0 Å². The Bertz CT molecular complexity index is 687. The third-order valence-corrected chi connectivity index (χ3v) is 5.67. The summed E-state index contributed by atoms with van der Waals surface area (Å²) in [6.45, 7) is -0.108. The summed E-state index contributed by atoms with van der Waals surface area (Å²) in [7, 11) is -3.73. The van der Waals surface area contributed by atoms with E-state index >= 15 is 0 Å². The molecule has 0 aliphatic heterocycles. The first-order valence-corrected chi connectivity index (χ1v) is 8.68. The average molecular weight is 352 g/mol. The molecule has 1 aromatic heterocycles. The van der Waals surface area contributed by atoms with E-state index in [0.717, 1.165) is 0 Å². The number of hydrogen-bond donors (Lipinski definition) is 2. The van der Waals surface area contributed by atoms with Crippen molar-refractivity contribution in [2.45, 2.75) is 11.0 Å². The van der Waals surface area contributed by atoms with Crippen LogP contribution < -0.4 is 4.72 Å². The molecule has 1 unspecified atom stereocenters. The van der Waals surface area contributed by atoms with Gasteiger partial charge < -0.3 is 5.11 Å². The maximum atomic E-state index is 12.0. The summed E-state index contributed by atoms with van der Waals surface area (Å²) >= 11 is 12.9. The molecule has 0 fully saturated rings. The van der Waals surface area contributed by atoms with Crippen LogP contribution in [0.2, 0.25) is 10.0 Å². The zero-order valence-corrected chi connectivity index (χ0v) is 13.2. The molecule has 20 heavy (non-hydrogen) atoms. The van der Waals surface area contributed by atoms with Crippen molar-refractivity contribution in [3.8, 4) is 0 Å². The minimum Gasteiger partial charge on any atom is -0.386 e. The number of thiophene rings is 1. The molecule has 0 amide bonds. The van der Waals surface area contributed by atoms with Gasteiger partial charge in [-0.1, -0.05) is 29.3 Å². The predicted molar refractivity (Wildman–Crippen MR) is 80.9 cm³/mol. The van der Waals surface area contributed by atoms with Crippen LogP contribution in [0.4, 0.5) is 0 Å². The summed E-state index contributed by atoms with van der Waals surface area (Å²) in [6.07, 6.45) is -0.882. The van der Waals surface area contributed by atoms with E-state index in [1.165, 1.54) is 29.5 Å². The number of rotatable bonds is 5. The molecule has 1 heterocycles. The van der Waals surface area contributed by atoms with Gasteiger partial charge in [-0.2, -0.15) is 0 Å². The molecular formula is C12H11Cl2NO3S2. The minimum absolute atomic E-state index is 0.00489. The summed E-state index contributed by atoms with van der Waals surface area (Å²) in [5.41, 5.74) is 0. The van der Waals surface area contributed by atoms with Gasteiger partial charge in [-0.05, 0) is 29.6 Å². The van der Waals surface area contributed by atoms with Crippen LogP contribution in [0.15, 0.2) is 40.6 Å². The lowest BCUT2D eigenvalue weighted by atomic mass is 10.3. The Labute approximate surface area is 131 Å². The van der Waals surface area contributed by atoms with Crippen LogP contribution in [0, 0.1) is 0 Å². The first-order chi connectivity index (χ1) is 9.40. The maximum absolute atomic E-state index is 12.0. The van der Waals surface area contributed by atoms with Gasteiger partial charge in [0.2, 0.25) is 10.0 Å². The van der Waals surface area contributed by atoms with Crippen LogP contribution in [-0.2, 0) is 10.0 Å². The Morgan fingerprint density at radius 3 is 2.60 bits per heavy atom. The van der Waals surface area contributed by atoms with Gasteiger partial charge in [0.1, 0.15) is 6.10 Å². The normalized spacial score (nSPS) is 13.3. The number of nitrogens with one attached hydrogen (secondary N) is 1. The summed E-state index contributed by atoms with van der Waals surface area (Å²) < 4.78 is 26.4. The van der Waals surface area contributed by atoms with Crippen LogP contribution in [0.3, 0.4) is 0 Å². The lowest BCUT2D eigenvalue weighted by Gasteiger charge is -2.11. The zero-order chi connectivity index (χ0) is 14.8. The molecule has 0 saturated heterocycles. The zero-order valence-electron chi connectivity index (χ0n) is 10.1. The van der Waals surface area contributed by atoms with Gasteiger partial charge in [0, 0.05) is 11.4 Å². The summed E-state index contributed by atoms with van der Waals surface area (Å²) in [6, 6.07) is 7.56. The second-order valence-corrected chi connectivity index (χ2v) is 7.52. The van der Waals surface area contributed by atoms with Crippen molar-refractivity contribution < 1.29 is 13.5 Å². The second-order valence-electron chi connectivity index (χ2n) is 3.96. The number of benzene rings is 1. The fourth-order valence-electron chi connectivity index (χ4n) is 1.50. The van der Waals surface area contributed by atoms with E-state index in [9.17, 15) is 13.5 Å². The smallest absolute Gasteiger partial charge is 0.240 e. The highest BCUT2D eigenvalue weighted by Crippen LogP contribution is 2.25. The molecule has 0 radical (unpaired) electrons. The third kappa shape index (κ3) is 3.72. The Hall–Kier alpha value is -0.630. The van der Waals surface area contributed by atoms with Gasteiger partial charge in [-0.15, -0.1) is 11.3 Å². The Kier molecular flexibility index (Phi) is 5.06. The van der Waals surface area contributed by atoms with Crippen molar-refractivity contribution in [2.24, 2.45) is 0 Å². The maximum Gasteiger partial charge on any atom is 0.240 e. The standard InChI is InChI=1S/C12H11Cl2NO3S2/c13-9-4-3-8(6-10(9)14)20(17,18)15-7-11(16)12-2-1-5-19-12/h1-6,11,15-16H,7H2. The number of halogens is 2. The highest BCUT2D eigenvalue weighted by atomic mass is 35.5. The molecule has 1 atom stereocenters. The highest BCUT2D eigenvalue weighted by Gasteiger charge is 2.18. The fraction of sp³-hybridized carbons (Fsp3) is 0.167. The summed E-state index contributed by atoms with van der Waals surface area (Å²) in [5.74, 6) is 0. The fourth-order valence-corrected chi connectivity index (χ4v) is 3.64. The van der Waals surface area contributed by atoms with Crippen LogP contribution in [-0.4, -0.2) is 20.1 Å². The van der Waals surface area contributed by atoms with Gasteiger partial charge in [-0.3, -0.25) is 0 Å². The quantitative estimate of drug-likeness (QED) is 0.869. The van der Waals surface area contributed by atoms with E-state index < -0.39 is 16.1 Å². The van der Waals surface area contributed by atoms with E-state index in [2.05, 4.69) is 4.72 Å². The number of hydrogen-bond acceptors (Lipinski definition) is 4. The van der Waals surface area contributed by atoms with Gasteiger partial charge >= 0.3 is 0 Å². The Morgan fingerprint density at radius 2 is 2.00 bits per heavy atom. The number of aliphatic hydroxyl groups excluding tert-OH is 1. The van der Waals surface area contributed by atoms with Crippen molar-refractivity contribution in [2.75, 3.05) is 6.54 Å². The van der Waals surface area contributed by atoms with E-state index in [1.54, 1.807) is 12.1 Å². The van der Waals surface area contributed by atoms with E-state index in [0.29, 0.717) is 4.88 Å². The predicted octanol–water partition coefficient (Wildman–Crippen LogP) is 3.07. The van der Waals surface area contributed by atoms with Crippen molar-refractivity contribution in [1.29, 1.82) is 0 Å². The molecule has 0 bridgehead atoms. The van der Waals surface area contributed by atoms with Crippen molar-refractivity contribution in [3.63, 3.8) is 0 Å². The average Bonchev–Trinajstić information content (AvgIpc) is 2.93.